The lowest BCUT2D eigenvalue weighted by Crippen LogP contribution is -2.73. The van der Waals surface area contributed by atoms with Crippen LogP contribution < -0.4 is 5.32 Å². The Balaban J connectivity index is 1.86. The third-order valence-corrected chi connectivity index (χ3v) is 2.99. The first kappa shape index (κ1) is 13.1. The molecule has 0 bridgehead atoms. The molecule has 2 rings (SSSR count). The Bertz CT molecular complexity index is 369. The van der Waals surface area contributed by atoms with E-state index in [9.17, 15) is 9.59 Å². The zero-order valence-corrected chi connectivity index (χ0v) is 11.3. The van der Waals surface area contributed by atoms with Gasteiger partial charge in [0.05, 0.1) is 19.6 Å². The lowest BCUT2D eigenvalue weighted by Gasteiger charge is -2.52. The quantitative estimate of drug-likeness (QED) is 0.685. The van der Waals surface area contributed by atoms with Crippen molar-refractivity contribution in [1.82, 2.24) is 10.2 Å². The number of likely N-dealkylation sites (tertiary alicyclic amines) is 1. The predicted molar refractivity (Wildman–Crippen MR) is 64.1 cm³/mol. The van der Waals surface area contributed by atoms with E-state index in [1.54, 1.807) is 11.8 Å². The Labute approximate surface area is 107 Å². The molecule has 1 atom stereocenters. The standard InChI is InChI=1S/C12H20N2O4/c1-8-9(15)13-5-12(17-8)6-14(7-12)10(16)18-11(2,3)4/h8H,5-7H2,1-4H3,(H,13,15). The van der Waals surface area contributed by atoms with Crippen LogP contribution in [0.15, 0.2) is 0 Å². The Kier molecular flexibility index (Phi) is 3.01. The van der Waals surface area contributed by atoms with Crippen LogP contribution in [0.4, 0.5) is 4.79 Å². The molecule has 2 saturated heterocycles. The number of carbonyl (C=O) groups is 2. The molecule has 18 heavy (non-hydrogen) atoms. The zero-order chi connectivity index (χ0) is 13.6. The SMILES string of the molecule is CC1OC2(CNC1=O)CN(C(=O)OC(C)(C)C)C2. The zero-order valence-electron chi connectivity index (χ0n) is 11.3. The lowest BCUT2D eigenvalue weighted by molar-refractivity contribution is -0.188. The number of carbonyl (C=O) groups excluding carboxylic acids is 2. The monoisotopic (exact) mass is 256 g/mol. The van der Waals surface area contributed by atoms with Crippen LogP contribution in [0, 0.1) is 0 Å². The van der Waals surface area contributed by atoms with Crippen molar-refractivity contribution in [3.8, 4) is 0 Å². The molecular weight excluding hydrogens is 236 g/mol. The summed E-state index contributed by atoms with van der Waals surface area (Å²) in [6, 6.07) is 0. The molecule has 2 aliphatic rings. The van der Waals surface area contributed by atoms with Crippen molar-refractivity contribution in [3.05, 3.63) is 0 Å². The molecule has 2 fully saturated rings. The smallest absolute Gasteiger partial charge is 0.410 e. The van der Waals surface area contributed by atoms with Crippen molar-refractivity contribution in [3.63, 3.8) is 0 Å². The molecule has 6 heteroatoms. The highest BCUT2D eigenvalue weighted by Crippen LogP contribution is 2.29. The fraction of sp³-hybridized carbons (Fsp3) is 0.833. The molecule has 1 N–H and O–H groups in total. The summed E-state index contributed by atoms with van der Waals surface area (Å²) >= 11 is 0. The summed E-state index contributed by atoms with van der Waals surface area (Å²) in [5.41, 5.74) is -0.918. The van der Waals surface area contributed by atoms with Crippen LogP contribution in [0.5, 0.6) is 0 Å². The van der Waals surface area contributed by atoms with Crippen LogP contribution in [0.2, 0.25) is 0 Å². The second kappa shape index (κ2) is 4.12. The van der Waals surface area contributed by atoms with Crippen molar-refractivity contribution in [1.29, 1.82) is 0 Å². The Hall–Kier alpha value is -1.30. The number of hydrogen-bond donors (Lipinski definition) is 1. The van der Waals surface area contributed by atoms with Gasteiger partial charge in [-0.3, -0.25) is 4.79 Å². The normalized spacial score (nSPS) is 26.6. The molecule has 6 nitrogen and oxygen atoms in total. The molecule has 0 saturated carbocycles. The molecular formula is C12H20N2O4. The average Bonchev–Trinajstić information content (AvgIpc) is 2.16. The van der Waals surface area contributed by atoms with Crippen molar-refractivity contribution in [2.45, 2.75) is 45.0 Å². The number of hydrogen-bond acceptors (Lipinski definition) is 4. The first-order valence-electron chi connectivity index (χ1n) is 6.14. The van der Waals surface area contributed by atoms with E-state index in [2.05, 4.69) is 5.32 Å². The van der Waals surface area contributed by atoms with Gasteiger partial charge < -0.3 is 19.7 Å². The van der Waals surface area contributed by atoms with Crippen LogP contribution in [-0.2, 0) is 14.3 Å². The maximum atomic E-state index is 11.8. The fourth-order valence-corrected chi connectivity index (χ4v) is 2.15. The van der Waals surface area contributed by atoms with Crippen LogP contribution in [-0.4, -0.2) is 53.8 Å². The molecule has 0 aliphatic carbocycles. The minimum Gasteiger partial charge on any atom is -0.444 e. The first-order valence-corrected chi connectivity index (χ1v) is 6.14. The second-order valence-electron chi connectivity index (χ2n) is 6.00. The van der Waals surface area contributed by atoms with E-state index < -0.39 is 17.3 Å². The fourth-order valence-electron chi connectivity index (χ4n) is 2.15. The number of nitrogens with one attached hydrogen (secondary N) is 1. The van der Waals surface area contributed by atoms with E-state index in [1.165, 1.54) is 0 Å². The summed E-state index contributed by atoms with van der Waals surface area (Å²) in [4.78, 5) is 24.6. The molecule has 2 amide bonds. The Morgan fingerprint density at radius 2 is 2.11 bits per heavy atom. The van der Waals surface area contributed by atoms with Crippen molar-refractivity contribution in [2.24, 2.45) is 0 Å². The first-order chi connectivity index (χ1) is 8.21. The number of morpholine rings is 1. The minimum absolute atomic E-state index is 0.101. The van der Waals surface area contributed by atoms with Crippen molar-refractivity contribution in [2.75, 3.05) is 19.6 Å². The van der Waals surface area contributed by atoms with Gasteiger partial charge in [-0.2, -0.15) is 0 Å². The van der Waals surface area contributed by atoms with Gasteiger partial charge in [-0.25, -0.2) is 4.79 Å². The second-order valence-corrected chi connectivity index (χ2v) is 6.00. The predicted octanol–water partition coefficient (Wildman–Crippen LogP) is 0.511. The van der Waals surface area contributed by atoms with Crippen LogP contribution in [0.3, 0.4) is 0 Å². The van der Waals surface area contributed by atoms with Gasteiger partial charge >= 0.3 is 6.09 Å². The number of nitrogens with zero attached hydrogens (tertiary/aromatic N) is 1. The minimum atomic E-state index is -0.491. The highest BCUT2D eigenvalue weighted by atomic mass is 16.6. The summed E-state index contributed by atoms with van der Waals surface area (Å²) < 4.78 is 10.9. The highest BCUT2D eigenvalue weighted by molar-refractivity contribution is 5.81. The van der Waals surface area contributed by atoms with Gasteiger partial charge in [0.25, 0.3) is 0 Å². The molecule has 1 spiro atoms. The van der Waals surface area contributed by atoms with Gasteiger partial charge in [-0.15, -0.1) is 0 Å². The summed E-state index contributed by atoms with van der Waals surface area (Å²) in [6.07, 6.45) is -0.791. The van der Waals surface area contributed by atoms with Gasteiger partial charge in [-0.1, -0.05) is 0 Å². The third kappa shape index (κ3) is 2.58. The average molecular weight is 256 g/mol. The Morgan fingerprint density at radius 1 is 1.50 bits per heavy atom. The largest absolute Gasteiger partial charge is 0.444 e. The molecule has 0 aromatic heterocycles. The number of ether oxygens (including phenoxy) is 2. The molecule has 2 aliphatic heterocycles. The molecule has 0 radical (unpaired) electrons. The number of rotatable bonds is 0. The van der Waals surface area contributed by atoms with E-state index in [1.807, 2.05) is 20.8 Å². The van der Waals surface area contributed by atoms with E-state index >= 15 is 0 Å². The van der Waals surface area contributed by atoms with E-state index in [0.29, 0.717) is 19.6 Å². The summed E-state index contributed by atoms with van der Waals surface area (Å²) in [5, 5.41) is 2.79. The molecule has 2 heterocycles. The van der Waals surface area contributed by atoms with Gasteiger partial charge in [0.15, 0.2) is 0 Å². The van der Waals surface area contributed by atoms with Gasteiger partial charge in [0.2, 0.25) is 5.91 Å². The van der Waals surface area contributed by atoms with Gasteiger partial charge in [-0.05, 0) is 27.7 Å². The summed E-state index contributed by atoms with van der Waals surface area (Å²) in [5.74, 6) is -0.101. The van der Waals surface area contributed by atoms with Crippen LogP contribution in [0.1, 0.15) is 27.7 Å². The van der Waals surface area contributed by atoms with E-state index in [4.69, 9.17) is 9.47 Å². The highest BCUT2D eigenvalue weighted by Gasteiger charge is 2.51. The van der Waals surface area contributed by atoms with Crippen LogP contribution in [0.25, 0.3) is 0 Å². The molecule has 0 aromatic carbocycles. The van der Waals surface area contributed by atoms with Crippen molar-refractivity contribution >= 4 is 12.0 Å². The van der Waals surface area contributed by atoms with Crippen LogP contribution >= 0.6 is 0 Å². The maximum Gasteiger partial charge on any atom is 0.410 e. The van der Waals surface area contributed by atoms with E-state index in [-0.39, 0.29) is 12.0 Å². The third-order valence-electron chi connectivity index (χ3n) is 2.99. The lowest BCUT2D eigenvalue weighted by atomic mass is 9.92. The van der Waals surface area contributed by atoms with E-state index in [0.717, 1.165) is 0 Å². The Morgan fingerprint density at radius 3 is 2.61 bits per heavy atom. The molecule has 102 valence electrons. The topological polar surface area (TPSA) is 67.9 Å². The summed E-state index contributed by atoms with van der Waals surface area (Å²) in [6.45, 7) is 8.60. The van der Waals surface area contributed by atoms with Gasteiger partial charge in [0, 0.05) is 0 Å². The summed E-state index contributed by atoms with van der Waals surface area (Å²) in [7, 11) is 0. The maximum absolute atomic E-state index is 11.8. The number of amides is 2. The molecule has 0 aromatic rings. The van der Waals surface area contributed by atoms with Gasteiger partial charge in [0.1, 0.15) is 17.3 Å². The molecule has 1 unspecified atom stereocenters. The van der Waals surface area contributed by atoms with Crippen molar-refractivity contribution < 1.29 is 19.1 Å².